The molecule has 8 heteroatoms. The molecule has 1 aliphatic heterocycles. The number of rotatable bonds is 5. The Morgan fingerprint density at radius 3 is 3.04 bits per heavy atom. The van der Waals surface area contributed by atoms with E-state index in [2.05, 4.69) is 15.5 Å². The number of piperidine rings is 1. The molecule has 2 amide bonds. The molecule has 1 fully saturated rings. The lowest BCUT2D eigenvalue weighted by molar-refractivity contribution is -0.126. The minimum absolute atomic E-state index is 0.0461. The highest BCUT2D eigenvalue weighted by Gasteiger charge is 2.30. The van der Waals surface area contributed by atoms with E-state index in [-0.39, 0.29) is 17.7 Å². The highest BCUT2D eigenvalue weighted by Crippen LogP contribution is 2.26. The molecule has 26 heavy (non-hydrogen) atoms. The van der Waals surface area contributed by atoms with Crippen molar-refractivity contribution in [1.82, 2.24) is 20.4 Å². The van der Waals surface area contributed by atoms with Gasteiger partial charge in [0.25, 0.3) is 5.91 Å². The van der Waals surface area contributed by atoms with E-state index in [1.54, 1.807) is 17.0 Å². The van der Waals surface area contributed by atoms with Crippen LogP contribution in [0.2, 0.25) is 5.02 Å². The minimum atomic E-state index is -0.208. The largest absolute Gasteiger partial charge is 0.355 e. The monoisotopic (exact) mass is 375 g/mol. The molecular weight excluding hydrogens is 354 g/mol. The molecule has 0 bridgehead atoms. The second-order valence-electron chi connectivity index (χ2n) is 6.34. The minimum Gasteiger partial charge on any atom is -0.355 e. The van der Waals surface area contributed by atoms with Gasteiger partial charge in [-0.05, 0) is 25.0 Å². The summed E-state index contributed by atoms with van der Waals surface area (Å²) in [6, 6.07) is 7.25. The maximum absolute atomic E-state index is 13.0. The predicted octanol–water partition coefficient (Wildman–Crippen LogP) is 1.66. The van der Waals surface area contributed by atoms with Crippen molar-refractivity contribution in [2.24, 2.45) is 11.7 Å². The number of nitrogens with zero attached hydrogens (tertiary/aromatic N) is 2. The molecule has 138 valence electrons. The zero-order chi connectivity index (χ0) is 18.5. The van der Waals surface area contributed by atoms with Gasteiger partial charge >= 0.3 is 0 Å². The standard InChI is InChI=1S/C18H22ClN5O2/c19-14-5-1-3-12(9-14)16-15(10-22-23-16)18(26)24-8-2-4-13(11-24)17(25)21-7-6-20/h1,3,5,9-10,13H,2,4,6-8,11,20H2,(H,21,25)(H,22,23). The van der Waals surface area contributed by atoms with Crippen LogP contribution in [-0.2, 0) is 4.79 Å². The molecule has 4 N–H and O–H groups in total. The number of hydrogen-bond acceptors (Lipinski definition) is 4. The number of carbonyl (C=O) groups excluding carboxylic acids is 2. The molecular formula is C18H22ClN5O2. The van der Waals surface area contributed by atoms with Gasteiger partial charge in [-0.1, -0.05) is 23.7 Å². The first-order chi connectivity index (χ1) is 12.6. The smallest absolute Gasteiger partial charge is 0.257 e. The highest BCUT2D eigenvalue weighted by molar-refractivity contribution is 6.30. The molecule has 0 radical (unpaired) electrons. The van der Waals surface area contributed by atoms with Gasteiger partial charge in [0.15, 0.2) is 0 Å². The molecule has 7 nitrogen and oxygen atoms in total. The third-order valence-electron chi connectivity index (χ3n) is 4.51. The number of H-pyrrole nitrogens is 1. The van der Waals surface area contributed by atoms with E-state index in [1.807, 2.05) is 12.1 Å². The summed E-state index contributed by atoms with van der Waals surface area (Å²) in [5, 5.41) is 10.3. The van der Waals surface area contributed by atoms with E-state index in [1.165, 1.54) is 6.20 Å². The van der Waals surface area contributed by atoms with E-state index in [9.17, 15) is 9.59 Å². The van der Waals surface area contributed by atoms with Crippen molar-refractivity contribution in [2.75, 3.05) is 26.2 Å². The van der Waals surface area contributed by atoms with Crippen LogP contribution in [0.5, 0.6) is 0 Å². The van der Waals surface area contributed by atoms with Crippen LogP contribution in [-0.4, -0.2) is 53.1 Å². The number of halogens is 1. The summed E-state index contributed by atoms with van der Waals surface area (Å²) in [6.45, 7) is 1.87. The van der Waals surface area contributed by atoms with Gasteiger partial charge in [-0.3, -0.25) is 14.7 Å². The van der Waals surface area contributed by atoms with Gasteiger partial charge < -0.3 is 16.0 Å². The highest BCUT2D eigenvalue weighted by atomic mass is 35.5. The number of aromatic amines is 1. The third kappa shape index (κ3) is 4.05. The Bertz CT molecular complexity index is 791. The zero-order valence-electron chi connectivity index (χ0n) is 14.4. The Morgan fingerprint density at radius 1 is 1.42 bits per heavy atom. The maximum atomic E-state index is 13.0. The molecule has 2 aromatic rings. The van der Waals surface area contributed by atoms with Crippen LogP contribution in [0.1, 0.15) is 23.2 Å². The van der Waals surface area contributed by atoms with Crippen molar-refractivity contribution >= 4 is 23.4 Å². The van der Waals surface area contributed by atoms with Gasteiger partial charge in [-0.25, -0.2) is 0 Å². The third-order valence-corrected chi connectivity index (χ3v) is 4.74. The van der Waals surface area contributed by atoms with Crippen LogP contribution in [0, 0.1) is 5.92 Å². The van der Waals surface area contributed by atoms with Gasteiger partial charge in [0.1, 0.15) is 0 Å². The number of likely N-dealkylation sites (tertiary alicyclic amines) is 1. The number of benzene rings is 1. The van der Waals surface area contributed by atoms with Gasteiger partial charge in [-0.15, -0.1) is 0 Å². The molecule has 0 aliphatic carbocycles. The van der Waals surface area contributed by atoms with Crippen LogP contribution in [0.15, 0.2) is 30.5 Å². The number of nitrogens with one attached hydrogen (secondary N) is 2. The number of nitrogens with two attached hydrogens (primary N) is 1. The van der Waals surface area contributed by atoms with E-state index >= 15 is 0 Å². The van der Waals surface area contributed by atoms with Crippen LogP contribution in [0.25, 0.3) is 11.3 Å². The van der Waals surface area contributed by atoms with Crippen LogP contribution in [0.3, 0.4) is 0 Å². The number of carbonyl (C=O) groups is 2. The van der Waals surface area contributed by atoms with Gasteiger partial charge in [0.2, 0.25) is 5.91 Å². The van der Waals surface area contributed by atoms with Crippen molar-refractivity contribution in [1.29, 1.82) is 0 Å². The fourth-order valence-corrected chi connectivity index (χ4v) is 3.39. The first-order valence-corrected chi connectivity index (χ1v) is 9.04. The summed E-state index contributed by atoms with van der Waals surface area (Å²) < 4.78 is 0. The van der Waals surface area contributed by atoms with Crippen LogP contribution >= 0.6 is 11.6 Å². The molecule has 1 saturated heterocycles. The van der Waals surface area contributed by atoms with Crippen LogP contribution in [0.4, 0.5) is 0 Å². The van der Waals surface area contributed by atoms with Crippen molar-refractivity contribution in [3.8, 4) is 11.3 Å². The number of hydrogen-bond donors (Lipinski definition) is 3. The Kier molecular flexibility index (Phi) is 5.90. The van der Waals surface area contributed by atoms with E-state index in [0.717, 1.165) is 18.4 Å². The summed E-state index contributed by atoms with van der Waals surface area (Å²) in [5.74, 6) is -0.388. The summed E-state index contributed by atoms with van der Waals surface area (Å²) >= 11 is 6.05. The summed E-state index contributed by atoms with van der Waals surface area (Å²) in [7, 11) is 0. The molecule has 0 spiro atoms. The molecule has 0 saturated carbocycles. The molecule has 1 aromatic heterocycles. The molecule has 2 heterocycles. The fraction of sp³-hybridized carbons (Fsp3) is 0.389. The summed E-state index contributed by atoms with van der Waals surface area (Å²) in [5.41, 5.74) is 7.34. The Morgan fingerprint density at radius 2 is 2.27 bits per heavy atom. The second-order valence-corrected chi connectivity index (χ2v) is 6.78. The Hall–Kier alpha value is -2.38. The average Bonchev–Trinajstić information content (AvgIpc) is 3.15. The van der Waals surface area contributed by atoms with E-state index < -0.39 is 0 Å². The molecule has 1 aromatic carbocycles. The topological polar surface area (TPSA) is 104 Å². The van der Waals surface area contributed by atoms with E-state index in [0.29, 0.717) is 42.5 Å². The zero-order valence-corrected chi connectivity index (χ0v) is 15.1. The number of aromatic nitrogens is 2. The Labute approximate surface area is 156 Å². The average molecular weight is 376 g/mol. The summed E-state index contributed by atoms with van der Waals surface area (Å²) in [4.78, 5) is 26.9. The van der Waals surface area contributed by atoms with Crippen molar-refractivity contribution < 1.29 is 9.59 Å². The first kappa shape index (κ1) is 18.4. The molecule has 3 rings (SSSR count). The fourth-order valence-electron chi connectivity index (χ4n) is 3.20. The van der Waals surface area contributed by atoms with Gasteiger partial charge in [0.05, 0.1) is 23.4 Å². The quantitative estimate of drug-likeness (QED) is 0.739. The maximum Gasteiger partial charge on any atom is 0.257 e. The lowest BCUT2D eigenvalue weighted by Gasteiger charge is -2.32. The van der Waals surface area contributed by atoms with E-state index in [4.69, 9.17) is 17.3 Å². The lowest BCUT2D eigenvalue weighted by atomic mass is 9.96. The normalized spacial score (nSPS) is 17.2. The predicted molar refractivity (Wildman–Crippen MR) is 99.7 cm³/mol. The van der Waals surface area contributed by atoms with Crippen molar-refractivity contribution in [3.05, 3.63) is 41.0 Å². The molecule has 1 atom stereocenters. The van der Waals surface area contributed by atoms with Crippen LogP contribution < -0.4 is 11.1 Å². The second kappa shape index (κ2) is 8.33. The first-order valence-electron chi connectivity index (χ1n) is 8.66. The number of amides is 2. The summed E-state index contributed by atoms with van der Waals surface area (Å²) in [6.07, 6.45) is 3.08. The van der Waals surface area contributed by atoms with Gasteiger partial charge in [0, 0.05) is 36.8 Å². The van der Waals surface area contributed by atoms with Crippen molar-refractivity contribution in [3.63, 3.8) is 0 Å². The van der Waals surface area contributed by atoms with Crippen molar-refractivity contribution in [2.45, 2.75) is 12.8 Å². The lowest BCUT2D eigenvalue weighted by Crippen LogP contribution is -2.46. The SMILES string of the molecule is NCCNC(=O)C1CCCN(C(=O)c2cn[nH]c2-c2cccc(Cl)c2)C1. The molecule has 1 aliphatic rings. The molecule has 1 unspecified atom stereocenters. The van der Waals surface area contributed by atoms with Gasteiger partial charge in [-0.2, -0.15) is 5.10 Å². The Balaban J connectivity index is 1.76.